The Morgan fingerprint density at radius 3 is 2.45 bits per heavy atom. The lowest BCUT2D eigenvalue weighted by atomic mass is 10.0. The first kappa shape index (κ1) is 17.3. The highest BCUT2D eigenvalue weighted by Crippen LogP contribution is 2.49. The lowest BCUT2D eigenvalue weighted by Crippen LogP contribution is -2.32. The fourth-order valence-electron chi connectivity index (χ4n) is 2.54. The zero-order valence-electron chi connectivity index (χ0n) is 11.4. The van der Waals surface area contributed by atoms with E-state index in [9.17, 15) is 4.79 Å². The van der Waals surface area contributed by atoms with Gasteiger partial charge in [-0.1, -0.05) is 30.3 Å². The second-order valence-electron chi connectivity index (χ2n) is 5.46. The number of halogens is 2. The molecule has 1 aliphatic carbocycles. The van der Waals surface area contributed by atoms with Crippen LogP contribution in [0.2, 0.25) is 0 Å². The van der Waals surface area contributed by atoms with E-state index >= 15 is 0 Å². The topological polar surface area (TPSA) is 40.5 Å². The summed E-state index contributed by atoms with van der Waals surface area (Å²) in [5.41, 5.74) is 1.24. The number of carbonyl (C=O) groups is 1. The maximum Gasteiger partial charge on any atom is 0.303 e. The lowest BCUT2D eigenvalue weighted by Gasteiger charge is -2.26. The van der Waals surface area contributed by atoms with Gasteiger partial charge in [0, 0.05) is 25.5 Å². The Morgan fingerprint density at radius 1 is 1.30 bits per heavy atom. The zero-order valence-corrected chi connectivity index (χ0v) is 13.0. The summed E-state index contributed by atoms with van der Waals surface area (Å²) in [4.78, 5) is 13.2. The van der Waals surface area contributed by atoms with Gasteiger partial charge in [0.05, 0.1) is 6.42 Å². The van der Waals surface area contributed by atoms with Crippen LogP contribution in [0.1, 0.15) is 24.8 Å². The summed E-state index contributed by atoms with van der Waals surface area (Å²) in [7, 11) is 0. The Kier molecular flexibility index (Phi) is 6.80. The molecule has 0 spiro atoms. The Hall–Kier alpha value is -0.770. The summed E-state index contributed by atoms with van der Waals surface area (Å²) in [5, 5.41) is 8.98. The predicted octanol–water partition coefficient (Wildman–Crippen LogP) is 3.40. The molecule has 1 aromatic rings. The molecule has 1 N–H and O–H groups in total. The fraction of sp³-hybridized carbons (Fsp3) is 0.533. The van der Waals surface area contributed by atoms with E-state index in [2.05, 4.69) is 17.0 Å². The Labute approximate surface area is 131 Å². The molecule has 0 radical (unpaired) electrons. The molecule has 1 fully saturated rings. The van der Waals surface area contributed by atoms with Crippen molar-refractivity contribution in [3.63, 3.8) is 0 Å². The molecule has 20 heavy (non-hydrogen) atoms. The van der Waals surface area contributed by atoms with Crippen LogP contribution in [0.15, 0.2) is 30.3 Å². The molecule has 112 valence electrons. The molecular formula is C15H21Cl2NO2. The minimum Gasteiger partial charge on any atom is -0.481 e. The van der Waals surface area contributed by atoms with Crippen molar-refractivity contribution in [3.05, 3.63) is 35.9 Å². The number of alkyl halides is 1. The molecule has 3 nitrogen and oxygen atoms in total. The van der Waals surface area contributed by atoms with Crippen molar-refractivity contribution in [3.8, 4) is 0 Å². The summed E-state index contributed by atoms with van der Waals surface area (Å²) < 4.78 is 0. The van der Waals surface area contributed by atoms with Gasteiger partial charge in [-0.3, -0.25) is 9.69 Å². The Bertz CT molecular complexity index is 421. The van der Waals surface area contributed by atoms with Gasteiger partial charge in [0.25, 0.3) is 0 Å². The second kappa shape index (κ2) is 7.87. The third kappa shape index (κ3) is 5.31. The molecule has 0 saturated heterocycles. The van der Waals surface area contributed by atoms with Crippen molar-refractivity contribution in [2.45, 2.75) is 25.8 Å². The van der Waals surface area contributed by atoms with Crippen LogP contribution in [0.3, 0.4) is 0 Å². The molecule has 0 amide bonds. The van der Waals surface area contributed by atoms with Gasteiger partial charge in [-0.2, -0.15) is 0 Å². The van der Waals surface area contributed by atoms with Gasteiger partial charge in [-0.25, -0.2) is 0 Å². The van der Waals surface area contributed by atoms with Gasteiger partial charge >= 0.3 is 5.97 Å². The first-order valence-corrected chi connectivity index (χ1v) is 7.21. The third-order valence-electron chi connectivity index (χ3n) is 3.69. The summed E-state index contributed by atoms with van der Waals surface area (Å²) in [5.74, 6) is -0.112. The number of nitrogens with zero attached hydrogens (tertiary/aromatic N) is 1. The molecular weight excluding hydrogens is 297 g/mol. The highest BCUT2D eigenvalue weighted by Gasteiger charge is 2.45. The zero-order chi connectivity index (χ0) is 13.7. The highest BCUT2D eigenvalue weighted by molar-refractivity contribution is 6.18. The van der Waals surface area contributed by atoms with Gasteiger partial charge < -0.3 is 5.11 Å². The molecule has 0 atom stereocenters. The summed E-state index contributed by atoms with van der Waals surface area (Å²) in [6.45, 7) is 2.48. The van der Waals surface area contributed by atoms with Crippen molar-refractivity contribution in [2.24, 2.45) is 5.41 Å². The molecule has 1 aliphatic rings. The van der Waals surface area contributed by atoms with Gasteiger partial charge in [-0.05, 0) is 23.8 Å². The van der Waals surface area contributed by atoms with Crippen LogP contribution in [0, 0.1) is 5.41 Å². The maximum absolute atomic E-state index is 10.9. The van der Waals surface area contributed by atoms with E-state index in [1.54, 1.807) is 0 Å². The van der Waals surface area contributed by atoms with Gasteiger partial charge in [0.1, 0.15) is 0 Å². The summed E-state index contributed by atoms with van der Waals surface area (Å²) >= 11 is 5.86. The lowest BCUT2D eigenvalue weighted by molar-refractivity contribution is -0.138. The number of hydrogen-bond acceptors (Lipinski definition) is 2. The third-order valence-corrected chi connectivity index (χ3v) is 3.86. The molecule has 1 aromatic carbocycles. The second-order valence-corrected chi connectivity index (χ2v) is 5.83. The Balaban J connectivity index is 0.00000200. The molecule has 0 heterocycles. The van der Waals surface area contributed by atoms with E-state index in [0.29, 0.717) is 5.88 Å². The first-order valence-electron chi connectivity index (χ1n) is 6.68. The van der Waals surface area contributed by atoms with Crippen molar-refractivity contribution in [1.29, 1.82) is 0 Å². The average molecular weight is 318 g/mol. The Morgan fingerprint density at radius 2 is 1.95 bits per heavy atom. The largest absolute Gasteiger partial charge is 0.481 e. The maximum atomic E-state index is 10.9. The molecule has 0 unspecified atom stereocenters. The van der Waals surface area contributed by atoms with E-state index in [1.165, 1.54) is 5.56 Å². The quantitative estimate of drug-likeness (QED) is 0.747. The van der Waals surface area contributed by atoms with Crippen molar-refractivity contribution >= 4 is 30.0 Å². The van der Waals surface area contributed by atoms with Crippen LogP contribution < -0.4 is 0 Å². The van der Waals surface area contributed by atoms with Crippen molar-refractivity contribution in [2.75, 3.05) is 19.0 Å². The summed E-state index contributed by atoms with van der Waals surface area (Å²) in [6, 6.07) is 10.2. The summed E-state index contributed by atoms with van der Waals surface area (Å²) in [6.07, 6.45) is 2.32. The number of aliphatic carboxylic acids is 1. The van der Waals surface area contributed by atoms with Gasteiger partial charge in [-0.15, -0.1) is 24.0 Å². The minimum absolute atomic E-state index is 0. The molecule has 1 saturated carbocycles. The number of hydrogen-bond donors (Lipinski definition) is 1. The first-order chi connectivity index (χ1) is 9.13. The van der Waals surface area contributed by atoms with E-state index in [0.717, 1.165) is 32.5 Å². The smallest absolute Gasteiger partial charge is 0.303 e. The van der Waals surface area contributed by atoms with Crippen LogP contribution in [-0.2, 0) is 11.3 Å². The molecule has 0 bridgehead atoms. The van der Waals surface area contributed by atoms with E-state index in [4.69, 9.17) is 16.7 Å². The number of rotatable bonds is 8. The SMILES string of the molecule is Cl.O=C(O)CC1(CN(CCCl)Cc2ccccc2)CC1. The molecule has 5 heteroatoms. The fourth-order valence-corrected chi connectivity index (χ4v) is 2.78. The van der Waals surface area contributed by atoms with E-state index in [-0.39, 0.29) is 24.2 Å². The molecule has 0 aliphatic heterocycles. The standard InChI is InChI=1S/C15H20ClNO2.ClH/c16-8-9-17(11-13-4-2-1-3-5-13)12-15(6-7-15)10-14(18)19;/h1-5H,6-12H2,(H,18,19);1H. The molecule has 2 rings (SSSR count). The van der Waals surface area contributed by atoms with E-state index in [1.807, 2.05) is 18.2 Å². The van der Waals surface area contributed by atoms with Crippen LogP contribution >= 0.6 is 24.0 Å². The predicted molar refractivity (Wildman–Crippen MR) is 83.6 cm³/mol. The monoisotopic (exact) mass is 317 g/mol. The number of benzene rings is 1. The average Bonchev–Trinajstić information content (AvgIpc) is 3.09. The van der Waals surface area contributed by atoms with Gasteiger partial charge in [0.2, 0.25) is 0 Å². The molecule has 0 aromatic heterocycles. The highest BCUT2D eigenvalue weighted by atomic mass is 35.5. The van der Waals surface area contributed by atoms with Crippen molar-refractivity contribution in [1.82, 2.24) is 4.90 Å². The van der Waals surface area contributed by atoms with Crippen molar-refractivity contribution < 1.29 is 9.90 Å². The van der Waals surface area contributed by atoms with Crippen LogP contribution in [0.4, 0.5) is 0 Å². The number of carboxylic acid groups (broad SMARTS) is 1. The van der Waals surface area contributed by atoms with Crippen LogP contribution in [0.25, 0.3) is 0 Å². The van der Waals surface area contributed by atoms with E-state index < -0.39 is 5.97 Å². The minimum atomic E-state index is -0.692. The number of carboxylic acids is 1. The van der Waals surface area contributed by atoms with Gasteiger partial charge in [0.15, 0.2) is 0 Å². The van der Waals surface area contributed by atoms with Crippen LogP contribution in [-0.4, -0.2) is 34.9 Å². The normalized spacial score (nSPS) is 15.7. The van der Waals surface area contributed by atoms with Crippen LogP contribution in [0.5, 0.6) is 0 Å².